The summed E-state index contributed by atoms with van der Waals surface area (Å²) >= 11 is 0. The van der Waals surface area contributed by atoms with Gasteiger partial charge in [0.05, 0.1) is 0 Å². The van der Waals surface area contributed by atoms with Crippen molar-refractivity contribution < 1.29 is 0 Å². The highest BCUT2D eigenvalue weighted by atomic mass is 15.3. The van der Waals surface area contributed by atoms with Gasteiger partial charge in [0, 0.05) is 23.7 Å². The molecule has 0 bridgehead atoms. The Morgan fingerprint density at radius 2 is 1.44 bits per heavy atom. The van der Waals surface area contributed by atoms with Crippen molar-refractivity contribution in [3.8, 4) is 0 Å². The van der Waals surface area contributed by atoms with Gasteiger partial charge in [-0.05, 0) is 67.0 Å². The van der Waals surface area contributed by atoms with Crippen LogP contribution in [0.25, 0.3) is 0 Å². The summed E-state index contributed by atoms with van der Waals surface area (Å²) in [6.45, 7) is 15.8. The predicted molar refractivity (Wildman–Crippen MR) is 69.8 cm³/mol. The zero-order valence-corrected chi connectivity index (χ0v) is 11.7. The Labute approximate surface area is 101 Å². The highest BCUT2D eigenvalue weighted by Crippen LogP contribution is 2.38. The average Bonchev–Trinajstić information content (AvgIpc) is 2.47. The Morgan fingerprint density at radius 3 is 1.81 bits per heavy atom. The van der Waals surface area contributed by atoms with E-state index in [-0.39, 0.29) is 0 Å². The van der Waals surface area contributed by atoms with E-state index in [0.29, 0.717) is 11.1 Å². The molecule has 0 aromatic rings. The van der Waals surface area contributed by atoms with E-state index in [2.05, 4.69) is 44.4 Å². The van der Waals surface area contributed by atoms with Crippen molar-refractivity contribution >= 4 is 0 Å². The van der Waals surface area contributed by atoms with Gasteiger partial charge in [0.25, 0.3) is 0 Å². The highest BCUT2D eigenvalue weighted by Gasteiger charge is 2.47. The lowest BCUT2D eigenvalue weighted by atomic mass is 9.80. The number of rotatable bonds is 2. The van der Waals surface area contributed by atoms with Crippen molar-refractivity contribution in [2.45, 2.75) is 71.0 Å². The van der Waals surface area contributed by atoms with E-state index in [1.807, 2.05) is 0 Å². The molecule has 0 radical (unpaired) electrons. The van der Waals surface area contributed by atoms with Gasteiger partial charge in [0.1, 0.15) is 0 Å². The smallest absolute Gasteiger partial charge is 0.0309 e. The first-order valence-electron chi connectivity index (χ1n) is 6.85. The minimum absolute atomic E-state index is 0.333. The summed E-state index contributed by atoms with van der Waals surface area (Å²) in [5.74, 6) is 0. The number of hydrogen-bond acceptors (Lipinski definition) is 2. The van der Waals surface area contributed by atoms with Crippen LogP contribution in [0.4, 0.5) is 0 Å². The molecule has 2 heterocycles. The van der Waals surface area contributed by atoms with Gasteiger partial charge in [-0.2, -0.15) is 0 Å². The molecule has 2 aliphatic rings. The summed E-state index contributed by atoms with van der Waals surface area (Å²) in [4.78, 5) is 5.39. The van der Waals surface area contributed by atoms with Crippen LogP contribution in [-0.2, 0) is 0 Å². The molecule has 0 spiro atoms. The summed E-state index contributed by atoms with van der Waals surface area (Å²) < 4.78 is 0. The van der Waals surface area contributed by atoms with Gasteiger partial charge in [0.15, 0.2) is 0 Å². The lowest BCUT2D eigenvalue weighted by Crippen LogP contribution is -2.68. The Hall–Kier alpha value is -0.0800. The van der Waals surface area contributed by atoms with Crippen LogP contribution in [-0.4, -0.2) is 46.6 Å². The number of hydrogen-bond donors (Lipinski definition) is 0. The molecule has 0 aliphatic carbocycles. The molecule has 0 amide bonds. The second-order valence-corrected chi connectivity index (χ2v) is 7.02. The van der Waals surface area contributed by atoms with E-state index < -0.39 is 0 Å². The minimum Gasteiger partial charge on any atom is -0.297 e. The van der Waals surface area contributed by atoms with Crippen molar-refractivity contribution in [3.05, 3.63) is 0 Å². The van der Waals surface area contributed by atoms with Gasteiger partial charge in [-0.3, -0.25) is 9.80 Å². The van der Waals surface area contributed by atoms with Crippen molar-refractivity contribution in [1.29, 1.82) is 0 Å². The summed E-state index contributed by atoms with van der Waals surface area (Å²) in [7, 11) is 0. The third kappa shape index (κ3) is 2.02. The molecular formula is C14H28N2. The van der Waals surface area contributed by atoms with Gasteiger partial charge in [-0.1, -0.05) is 0 Å². The van der Waals surface area contributed by atoms with Crippen LogP contribution in [0.1, 0.15) is 53.9 Å². The molecule has 2 rings (SSSR count). The standard InChI is InChI=1S/C14H28N2/c1-13(2,3)16-11-8-12(16)14(4,5)15-9-6-7-10-15/h12H,6-11H2,1-5H3. The summed E-state index contributed by atoms with van der Waals surface area (Å²) in [5.41, 5.74) is 0.696. The van der Waals surface area contributed by atoms with Crippen LogP contribution in [0.5, 0.6) is 0 Å². The maximum absolute atomic E-state index is 2.70. The first kappa shape index (κ1) is 12.4. The van der Waals surface area contributed by atoms with E-state index in [9.17, 15) is 0 Å². The minimum atomic E-state index is 0.333. The van der Waals surface area contributed by atoms with Gasteiger partial charge in [-0.25, -0.2) is 0 Å². The molecule has 16 heavy (non-hydrogen) atoms. The van der Waals surface area contributed by atoms with Crippen LogP contribution in [0.3, 0.4) is 0 Å². The van der Waals surface area contributed by atoms with Crippen LogP contribution in [0.2, 0.25) is 0 Å². The summed E-state index contributed by atoms with van der Waals surface area (Å²) in [5, 5.41) is 0. The fraction of sp³-hybridized carbons (Fsp3) is 1.00. The molecule has 2 nitrogen and oxygen atoms in total. The molecule has 2 heteroatoms. The SMILES string of the molecule is CC(C)(C)N1CCC1C(C)(C)N1CCCC1. The molecule has 0 aromatic heterocycles. The van der Waals surface area contributed by atoms with Crippen molar-refractivity contribution in [2.75, 3.05) is 19.6 Å². The Morgan fingerprint density at radius 1 is 0.875 bits per heavy atom. The van der Waals surface area contributed by atoms with Crippen LogP contribution >= 0.6 is 0 Å². The average molecular weight is 224 g/mol. The number of likely N-dealkylation sites (tertiary alicyclic amines) is 2. The third-order valence-corrected chi connectivity index (χ3v) is 4.62. The van der Waals surface area contributed by atoms with E-state index in [1.54, 1.807) is 0 Å². The van der Waals surface area contributed by atoms with Gasteiger partial charge in [0.2, 0.25) is 0 Å². The molecule has 2 aliphatic heterocycles. The molecule has 1 unspecified atom stereocenters. The molecular weight excluding hydrogens is 196 g/mol. The second kappa shape index (κ2) is 3.99. The van der Waals surface area contributed by atoms with E-state index in [0.717, 1.165) is 6.04 Å². The second-order valence-electron chi connectivity index (χ2n) is 7.02. The van der Waals surface area contributed by atoms with E-state index in [1.165, 1.54) is 38.9 Å². The lowest BCUT2D eigenvalue weighted by Gasteiger charge is -2.58. The summed E-state index contributed by atoms with van der Waals surface area (Å²) in [6.07, 6.45) is 4.16. The molecule has 94 valence electrons. The maximum atomic E-state index is 2.70. The van der Waals surface area contributed by atoms with Crippen LogP contribution in [0.15, 0.2) is 0 Å². The Kier molecular flexibility index (Phi) is 3.09. The molecule has 0 saturated carbocycles. The van der Waals surface area contributed by atoms with E-state index in [4.69, 9.17) is 0 Å². The van der Waals surface area contributed by atoms with Crippen LogP contribution in [0, 0.1) is 0 Å². The molecule has 2 fully saturated rings. The topological polar surface area (TPSA) is 6.48 Å². The predicted octanol–water partition coefficient (Wildman–Crippen LogP) is 2.73. The first-order valence-corrected chi connectivity index (χ1v) is 6.85. The van der Waals surface area contributed by atoms with Gasteiger partial charge >= 0.3 is 0 Å². The van der Waals surface area contributed by atoms with Crippen molar-refractivity contribution in [2.24, 2.45) is 0 Å². The molecule has 0 aromatic carbocycles. The molecule has 2 saturated heterocycles. The van der Waals surface area contributed by atoms with Crippen molar-refractivity contribution in [3.63, 3.8) is 0 Å². The molecule has 0 N–H and O–H groups in total. The lowest BCUT2D eigenvalue weighted by molar-refractivity contribution is -0.0763. The van der Waals surface area contributed by atoms with Gasteiger partial charge in [-0.15, -0.1) is 0 Å². The zero-order valence-electron chi connectivity index (χ0n) is 11.7. The first-order chi connectivity index (χ1) is 7.33. The Bertz CT molecular complexity index is 246. The zero-order chi connectivity index (χ0) is 12.0. The van der Waals surface area contributed by atoms with Crippen LogP contribution < -0.4 is 0 Å². The molecule has 1 atom stereocenters. The monoisotopic (exact) mass is 224 g/mol. The van der Waals surface area contributed by atoms with Gasteiger partial charge < -0.3 is 0 Å². The fourth-order valence-corrected chi connectivity index (χ4v) is 3.43. The third-order valence-electron chi connectivity index (χ3n) is 4.62. The Balaban J connectivity index is 2.06. The largest absolute Gasteiger partial charge is 0.297 e. The van der Waals surface area contributed by atoms with E-state index >= 15 is 0 Å². The summed E-state index contributed by atoms with van der Waals surface area (Å²) in [6, 6.07) is 0.755. The maximum Gasteiger partial charge on any atom is 0.0309 e. The quantitative estimate of drug-likeness (QED) is 0.711. The number of nitrogens with zero attached hydrogens (tertiary/aromatic N) is 2. The fourth-order valence-electron chi connectivity index (χ4n) is 3.43. The highest BCUT2D eigenvalue weighted by molar-refractivity contribution is 5.04. The normalized spacial score (nSPS) is 29.4. The van der Waals surface area contributed by atoms with Crippen molar-refractivity contribution in [1.82, 2.24) is 9.80 Å².